The van der Waals surface area contributed by atoms with Gasteiger partial charge in [-0.15, -0.1) is 0 Å². The number of alkyl halides is 3. The van der Waals surface area contributed by atoms with Crippen molar-refractivity contribution in [1.82, 2.24) is 20.1 Å². The summed E-state index contributed by atoms with van der Waals surface area (Å²) < 4.78 is 55.7. The Labute approximate surface area is 212 Å². The van der Waals surface area contributed by atoms with Crippen molar-refractivity contribution < 1.29 is 37.4 Å². The molecule has 0 aliphatic heterocycles. The van der Waals surface area contributed by atoms with Gasteiger partial charge in [0.05, 0.1) is 11.4 Å². The predicted octanol–water partition coefficient (Wildman–Crippen LogP) is 4.53. The number of aromatic nitrogens is 3. The highest BCUT2D eigenvalue weighted by molar-refractivity contribution is 6.03. The lowest BCUT2D eigenvalue weighted by molar-refractivity contribution is -0.141. The van der Waals surface area contributed by atoms with Gasteiger partial charge in [-0.1, -0.05) is 18.2 Å². The Hall–Kier alpha value is -4.78. The molecular formula is C25H19F4N5O4. The Morgan fingerprint density at radius 3 is 2.42 bits per heavy atom. The van der Waals surface area contributed by atoms with Gasteiger partial charge < -0.3 is 20.8 Å². The number of carboxylic acid groups (broad SMARTS) is 1. The van der Waals surface area contributed by atoms with E-state index in [2.05, 4.69) is 20.7 Å². The van der Waals surface area contributed by atoms with Crippen LogP contribution in [0.3, 0.4) is 0 Å². The lowest BCUT2D eigenvalue weighted by Gasteiger charge is -2.14. The normalized spacial score (nSPS) is 12.1. The summed E-state index contributed by atoms with van der Waals surface area (Å²) in [6.45, 7) is -0.143. The molecule has 1 atom stereocenters. The lowest BCUT2D eigenvalue weighted by atomic mass is 10.0. The van der Waals surface area contributed by atoms with Crippen LogP contribution < -0.4 is 10.6 Å². The van der Waals surface area contributed by atoms with Crippen molar-refractivity contribution in [3.63, 3.8) is 0 Å². The fourth-order valence-electron chi connectivity index (χ4n) is 3.59. The average Bonchev–Trinajstić information content (AvgIpc) is 3.36. The molecule has 0 radical (unpaired) electrons. The Morgan fingerprint density at radius 2 is 1.74 bits per heavy atom. The monoisotopic (exact) mass is 529 g/mol. The van der Waals surface area contributed by atoms with Gasteiger partial charge >= 0.3 is 12.3 Å². The highest BCUT2D eigenvalue weighted by Gasteiger charge is 2.36. The number of pyridine rings is 1. The van der Waals surface area contributed by atoms with E-state index in [0.717, 1.165) is 10.7 Å². The molecule has 2 aromatic carbocycles. The fourth-order valence-corrected chi connectivity index (χ4v) is 3.59. The minimum Gasteiger partial charge on any atom is -0.465 e. The summed E-state index contributed by atoms with van der Waals surface area (Å²) in [6, 6.07) is 12.8. The number of nitrogens with one attached hydrogen (secondary N) is 2. The second-order valence-corrected chi connectivity index (χ2v) is 8.03. The number of hydrogen-bond donors (Lipinski definition) is 4. The maximum Gasteiger partial charge on any atom is 0.435 e. The quantitative estimate of drug-likeness (QED) is 0.261. The Bertz CT molecular complexity index is 1470. The summed E-state index contributed by atoms with van der Waals surface area (Å²) >= 11 is 0. The molecule has 13 heteroatoms. The van der Waals surface area contributed by atoms with E-state index in [9.17, 15) is 32.3 Å². The molecule has 2 heterocycles. The highest BCUT2D eigenvalue weighted by Crippen LogP contribution is 2.31. The third-order valence-corrected chi connectivity index (χ3v) is 5.41. The standard InChI is InChI=1S/C25H19F4N5O4/c26-18-5-4-16(22(35)15-6-8-30-9-7-15)11-19(18)32-23(36)20-12-21(25(27,28)29)33-34(20)17-3-1-2-14(10-17)13-31-24(37)38/h1-12,22,31,35H,13H2,(H,32,36)(H,37,38). The maximum atomic E-state index is 14.6. The summed E-state index contributed by atoms with van der Waals surface area (Å²) in [5, 5.41) is 27.3. The summed E-state index contributed by atoms with van der Waals surface area (Å²) in [4.78, 5) is 27.7. The summed E-state index contributed by atoms with van der Waals surface area (Å²) in [6.07, 6.45) is -4.46. The van der Waals surface area contributed by atoms with Crippen LogP contribution in [-0.2, 0) is 12.7 Å². The van der Waals surface area contributed by atoms with E-state index < -0.39 is 41.5 Å². The Morgan fingerprint density at radius 1 is 1.00 bits per heavy atom. The number of nitrogens with zero attached hydrogens (tertiary/aromatic N) is 3. The van der Waals surface area contributed by atoms with E-state index in [-0.39, 0.29) is 23.5 Å². The minimum atomic E-state index is -4.89. The average molecular weight is 529 g/mol. The first kappa shape index (κ1) is 26.3. The first-order chi connectivity index (χ1) is 18.0. The molecule has 0 aliphatic rings. The zero-order valence-electron chi connectivity index (χ0n) is 19.3. The molecule has 0 spiro atoms. The number of carbonyl (C=O) groups excluding carboxylic acids is 1. The smallest absolute Gasteiger partial charge is 0.435 e. The van der Waals surface area contributed by atoms with Crippen molar-refractivity contribution in [3.8, 4) is 5.69 Å². The molecule has 38 heavy (non-hydrogen) atoms. The van der Waals surface area contributed by atoms with Gasteiger partial charge in [-0.05, 0) is 53.1 Å². The van der Waals surface area contributed by atoms with Gasteiger partial charge in [-0.3, -0.25) is 9.78 Å². The second kappa shape index (κ2) is 10.7. The van der Waals surface area contributed by atoms with Crippen LogP contribution in [0, 0.1) is 5.82 Å². The molecule has 4 N–H and O–H groups in total. The Kier molecular flexibility index (Phi) is 7.39. The van der Waals surface area contributed by atoms with Gasteiger partial charge in [0.1, 0.15) is 17.6 Å². The van der Waals surface area contributed by atoms with Crippen molar-refractivity contribution in [2.75, 3.05) is 5.32 Å². The van der Waals surface area contributed by atoms with Gasteiger partial charge in [0.25, 0.3) is 5.91 Å². The van der Waals surface area contributed by atoms with Crippen LogP contribution in [0.2, 0.25) is 0 Å². The van der Waals surface area contributed by atoms with Crippen LogP contribution in [0.25, 0.3) is 5.69 Å². The molecule has 0 fully saturated rings. The second-order valence-electron chi connectivity index (χ2n) is 8.03. The van der Waals surface area contributed by atoms with Crippen LogP contribution in [-0.4, -0.2) is 37.0 Å². The van der Waals surface area contributed by atoms with Gasteiger partial charge in [-0.2, -0.15) is 18.3 Å². The number of hydrogen-bond acceptors (Lipinski definition) is 5. The molecule has 4 rings (SSSR count). The first-order valence-electron chi connectivity index (χ1n) is 10.9. The number of rotatable bonds is 7. The van der Waals surface area contributed by atoms with E-state index in [1.807, 2.05) is 0 Å². The molecule has 196 valence electrons. The summed E-state index contributed by atoms with van der Waals surface area (Å²) in [5.74, 6) is -1.98. The molecule has 2 aromatic heterocycles. The van der Waals surface area contributed by atoms with Gasteiger partial charge in [0, 0.05) is 25.0 Å². The molecule has 0 aliphatic carbocycles. The van der Waals surface area contributed by atoms with Crippen LogP contribution in [0.1, 0.15) is 39.0 Å². The Balaban J connectivity index is 1.68. The molecule has 0 saturated heterocycles. The number of amides is 2. The molecular weight excluding hydrogens is 510 g/mol. The number of carbonyl (C=O) groups is 2. The molecule has 0 saturated carbocycles. The van der Waals surface area contributed by atoms with Crippen molar-refractivity contribution >= 4 is 17.7 Å². The number of halogens is 4. The molecule has 2 amide bonds. The van der Waals surface area contributed by atoms with Crippen molar-refractivity contribution in [3.05, 3.63) is 107 Å². The van der Waals surface area contributed by atoms with E-state index >= 15 is 0 Å². The molecule has 4 aromatic rings. The van der Waals surface area contributed by atoms with Crippen molar-refractivity contribution in [2.45, 2.75) is 18.8 Å². The summed E-state index contributed by atoms with van der Waals surface area (Å²) in [7, 11) is 0. The number of aliphatic hydroxyl groups excluding tert-OH is 1. The summed E-state index contributed by atoms with van der Waals surface area (Å²) in [5.41, 5.74) is -1.19. The van der Waals surface area contributed by atoms with E-state index in [0.29, 0.717) is 17.2 Å². The molecule has 0 bridgehead atoms. The van der Waals surface area contributed by atoms with Crippen LogP contribution in [0.4, 0.5) is 28.0 Å². The first-order valence-corrected chi connectivity index (χ1v) is 10.9. The third-order valence-electron chi connectivity index (χ3n) is 5.41. The zero-order chi connectivity index (χ0) is 27.4. The van der Waals surface area contributed by atoms with Gasteiger partial charge in [0.2, 0.25) is 0 Å². The third kappa shape index (κ3) is 5.95. The topological polar surface area (TPSA) is 129 Å². The van der Waals surface area contributed by atoms with E-state index in [1.54, 1.807) is 12.1 Å². The number of anilines is 1. The van der Waals surface area contributed by atoms with Gasteiger partial charge in [-0.25, -0.2) is 13.9 Å². The SMILES string of the molecule is O=C(O)NCc1cccc(-n2nc(C(F)(F)F)cc2C(=O)Nc2cc(C(O)c3ccncc3)ccc2F)c1. The van der Waals surface area contributed by atoms with Crippen molar-refractivity contribution in [1.29, 1.82) is 0 Å². The predicted molar refractivity (Wildman–Crippen MR) is 126 cm³/mol. The number of aliphatic hydroxyl groups is 1. The van der Waals surface area contributed by atoms with E-state index in [1.165, 1.54) is 48.8 Å². The van der Waals surface area contributed by atoms with Crippen LogP contribution >= 0.6 is 0 Å². The fraction of sp³-hybridized carbons (Fsp3) is 0.120. The molecule has 1 unspecified atom stereocenters. The van der Waals surface area contributed by atoms with E-state index in [4.69, 9.17) is 5.11 Å². The highest BCUT2D eigenvalue weighted by atomic mass is 19.4. The van der Waals surface area contributed by atoms with Gasteiger partial charge in [0.15, 0.2) is 5.69 Å². The molecule has 9 nitrogen and oxygen atoms in total. The lowest BCUT2D eigenvalue weighted by Crippen LogP contribution is -2.20. The van der Waals surface area contributed by atoms with Crippen LogP contribution in [0.15, 0.2) is 73.1 Å². The largest absolute Gasteiger partial charge is 0.465 e. The van der Waals surface area contributed by atoms with Crippen molar-refractivity contribution in [2.24, 2.45) is 0 Å². The maximum absolute atomic E-state index is 14.6. The number of benzene rings is 2. The zero-order valence-corrected chi connectivity index (χ0v) is 19.3. The minimum absolute atomic E-state index is 0.0395. The van der Waals surface area contributed by atoms with Crippen LogP contribution in [0.5, 0.6) is 0 Å².